The summed E-state index contributed by atoms with van der Waals surface area (Å²) in [5.74, 6) is -0.288. The van der Waals surface area contributed by atoms with E-state index in [0.29, 0.717) is 12.8 Å². The van der Waals surface area contributed by atoms with Crippen LogP contribution in [0.5, 0.6) is 0 Å². The Balaban J connectivity index is 1.41. The molecule has 0 aromatic carbocycles. The lowest BCUT2D eigenvalue weighted by atomic mass is 9.96. The highest BCUT2D eigenvalue weighted by Crippen LogP contribution is 2.33. The van der Waals surface area contributed by atoms with E-state index < -0.39 is 124 Å². The topological polar surface area (TPSA) is 307 Å². The number of aliphatic hydroxyl groups is 11. The summed E-state index contributed by atoms with van der Waals surface area (Å²) in [6.45, 7) is 1.73. The number of amides is 1. The number of nitrogens with one attached hydrogen (secondary N) is 1. The van der Waals surface area contributed by atoms with Gasteiger partial charge in [0.1, 0.15) is 73.2 Å². The zero-order chi connectivity index (χ0) is 70.4. The summed E-state index contributed by atoms with van der Waals surface area (Å²) in [5, 5.41) is 121. The van der Waals surface area contributed by atoms with Crippen LogP contribution in [-0.2, 0) is 33.2 Å². The van der Waals surface area contributed by atoms with Crippen LogP contribution in [0, 0.1) is 0 Å². The Morgan fingerprint density at radius 3 is 1.10 bits per heavy atom. The third-order valence-electron chi connectivity index (χ3n) is 19.3. The molecule has 0 saturated carbocycles. The molecule has 19 nitrogen and oxygen atoms in total. The fraction of sp³-hybridized carbons (Fsp3) is 0.859. The molecule has 3 aliphatic rings. The second kappa shape index (κ2) is 58.9. The molecule has 97 heavy (non-hydrogen) atoms. The van der Waals surface area contributed by atoms with E-state index in [9.17, 15) is 61.0 Å². The molecular formula is C78H141NO18. The molecule has 19 heteroatoms. The third kappa shape index (κ3) is 39.6. The summed E-state index contributed by atoms with van der Waals surface area (Å²) < 4.78 is 34.4. The average molecular weight is 1380 g/mol. The first kappa shape index (κ1) is 88.7. The van der Waals surface area contributed by atoms with Crippen molar-refractivity contribution in [3.63, 3.8) is 0 Å². The number of hydrogen-bond acceptors (Lipinski definition) is 18. The van der Waals surface area contributed by atoms with E-state index in [1.165, 1.54) is 199 Å². The molecular weight excluding hydrogens is 1240 g/mol. The first-order chi connectivity index (χ1) is 47.3. The number of carbonyl (C=O) groups excluding carboxylic acids is 1. The van der Waals surface area contributed by atoms with Gasteiger partial charge in [-0.25, -0.2) is 0 Å². The molecule has 3 saturated heterocycles. The Hall–Kier alpha value is -2.51. The van der Waals surface area contributed by atoms with Gasteiger partial charge in [-0.15, -0.1) is 0 Å². The second-order valence-electron chi connectivity index (χ2n) is 27.8. The largest absolute Gasteiger partial charge is 0.394 e. The van der Waals surface area contributed by atoms with Crippen molar-refractivity contribution in [2.24, 2.45) is 0 Å². The molecule has 3 aliphatic heterocycles. The van der Waals surface area contributed by atoms with Gasteiger partial charge in [0.25, 0.3) is 0 Å². The van der Waals surface area contributed by atoms with E-state index in [0.717, 1.165) is 64.2 Å². The molecule has 0 spiro atoms. The lowest BCUT2D eigenvalue weighted by molar-refractivity contribution is -0.379. The minimum atomic E-state index is -1.98. The standard InChI is InChI=1S/C78H141NO18/c1-3-5-7-9-11-13-15-17-19-21-23-25-27-29-30-32-33-35-37-39-41-43-45-47-49-51-53-55-62(83)61(79-66(84)56-54-52-50-48-46-44-42-40-38-36-34-31-28-26-24-22-20-18-16-14-12-10-8-6-4-2)60-92-76-72(90)69(87)74(64(58-81)94-76)97-78-73(91)70(88)75(65(59-82)95-78)96-77-71(89)68(86)67(85)63(57-80)93-77/h16,18,22,24,28,31,45,47,53,55,61-65,67-78,80-83,85-91H,3-15,17,19-21,23,25-27,29-30,32-44,46,48-52,54,56-60H2,1-2H3,(H,79,84)/b18-16-,24-22-,31-28-,47-45+,55-53+. The summed E-state index contributed by atoms with van der Waals surface area (Å²) >= 11 is 0. The van der Waals surface area contributed by atoms with E-state index in [2.05, 4.69) is 67.8 Å². The van der Waals surface area contributed by atoms with E-state index in [4.69, 9.17) is 28.4 Å². The molecule has 12 N–H and O–H groups in total. The minimum Gasteiger partial charge on any atom is -0.394 e. The Labute approximate surface area is 586 Å². The van der Waals surface area contributed by atoms with Crippen molar-refractivity contribution in [3.8, 4) is 0 Å². The molecule has 17 unspecified atom stereocenters. The quantitative estimate of drug-likeness (QED) is 0.0199. The molecule has 17 atom stereocenters. The van der Waals surface area contributed by atoms with Crippen LogP contribution in [-0.4, -0.2) is 193 Å². The Bertz CT molecular complexity index is 1990. The predicted octanol–water partition coefficient (Wildman–Crippen LogP) is 12.3. The molecule has 566 valence electrons. The van der Waals surface area contributed by atoms with Crippen LogP contribution in [0.4, 0.5) is 0 Å². The predicted molar refractivity (Wildman–Crippen MR) is 383 cm³/mol. The highest BCUT2D eigenvalue weighted by atomic mass is 16.8. The maximum Gasteiger partial charge on any atom is 0.220 e. The highest BCUT2D eigenvalue weighted by Gasteiger charge is 2.53. The van der Waals surface area contributed by atoms with Crippen LogP contribution >= 0.6 is 0 Å². The fourth-order valence-corrected chi connectivity index (χ4v) is 13.0. The molecule has 0 bridgehead atoms. The maximum absolute atomic E-state index is 13.5. The van der Waals surface area contributed by atoms with Crippen LogP contribution in [0.15, 0.2) is 60.8 Å². The third-order valence-corrected chi connectivity index (χ3v) is 19.3. The molecule has 3 rings (SSSR count). The Morgan fingerprint density at radius 1 is 0.371 bits per heavy atom. The Morgan fingerprint density at radius 2 is 0.691 bits per heavy atom. The Kier molecular flexibility index (Phi) is 53.9. The van der Waals surface area contributed by atoms with Crippen LogP contribution in [0.2, 0.25) is 0 Å². The smallest absolute Gasteiger partial charge is 0.220 e. The van der Waals surface area contributed by atoms with E-state index >= 15 is 0 Å². The van der Waals surface area contributed by atoms with E-state index in [1.54, 1.807) is 6.08 Å². The van der Waals surface area contributed by atoms with Crippen LogP contribution in [0.3, 0.4) is 0 Å². The zero-order valence-corrected chi connectivity index (χ0v) is 60.3. The second-order valence-corrected chi connectivity index (χ2v) is 27.8. The van der Waals surface area contributed by atoms with Crippen molar-refractivity contribution in [1.29, 1.82) is 0 Å². The number of hydrogen-bond donors (Lipinski definition) is 12. The van der Waals surface area contributed by atoms with E-state index in [1.807, 2.05) is 6.08 Å². The summed E-state index contributed by atoms with van der Waals surface area (Å²) in [6.07, 6.45) is 47.7. The molecule has 1 amide bonds. The van der Waals surface area contributed by atoms with Crippen molar-refractivity contribution in [1.82, 2.24) is 5.32 Å². The maximum atomic E-state index is 13.5. The van der Waals surface area contributed by atoms with Gasteiger partial charge in [0, 0.05) is 6.42 Å². The van der Waals surface area contributed by atoms with Crippen LogP contribution < -0.4 is 5.32 Å². The summed E-state index contributed by atoms with van der Waals surface area (Å²) in [7, 11) is 0. The molecule has 0 radical (unpaired) electrons. The molecule has 3 heterocycles. The number of rotatable bonds is 61. The lowest BCUT2D eigenvalue weighted by Crippen LogP contribution is -2.66. The lowest BCUT2D eigenvalue weighted by Gasteiger charge is -2.48. The van der Waals surface area contributed by atoms with Gasteiger partial charge < -0.3 is 89.9 Å². The van der Waals surface area contributed by atoms with Gasteiger partial charge in [-0.1, -0.05) is 280 Å². The van der Waals surface area contributed by atoms with Gasteiger partial charge in [0.15, 0.2) is 18.9 Å². The van der Waals surface area contributed by atoms with Crippen molar-refractivity contribution in [2.75, 3.05) is 26.4 Å². The SMILES string of the molecule is CCCCCCC/C=C\C/C=C\C/C=C\CCCCCCCCCCCCC(=O)NC(COC1OC(CO)C(OC2OC(CO)C(OC3OC(CO)C(O)C(O)C3O)C(O)C2O)C(O)C1O)C(O)/C=C/CC/C=C/CCCCCCCCCCCCCCCCCCCCCCC. The van der Waals surface area contributed by atoms with Crippen molar-refractivity contribution >= 4 is 5.91 Å². The molecule has 0 aromatic rings. The fourth-order valence-electron chi connectivity index (χ4n) is 13.0. The normalized spacial score (nSPS) is 27.2. The van der Waals surface area contributed by atoms with Gasteiger partial charge in [-0.3, -0.25) is 4.79 Å². The summed E-state index contributed by atoms with van der Waals surface area (Å²) in [5.41, 5.74) is 0. The molecule has 3 fully saturated rings. The van der Waals surface area contributed by atoms with Gasteiger partial charge in [0.2, 0.25) is 5.91 Å². The number of ether oxygens (including phenoxy) is 6. The first-order valence-corrected chi connectivity index (χ1v) is 39.0. The highest BCUT2D eigenvalue weighted by molar-refractivity contribution is 5.76. The first-order valence-electron chi connectivity index (χ1n) is 39.0. The number of allylic oxidation sites excluding steroid dienone is 9. The van der Waals surface area contributed by atoms with Crippen LogP contribution in [0.1, 0.15) is 296 Å². The number of carbonyl (C=O) groups is 1. The summed E-state index contributed by atoms with van der Waals surface area (Å²) in [6, 6.07) is -0.996. The monoisotopic (exact) mass is 1380 g/mol. The average Bonchev–Trinajstić information content (AvgIpc) is 0.797. The minimum absolute atomic E-state index is 0.229. The van der Waals surface area contributed by atoms with E-state index in [-0.39, 0.29) is 18.9 Å². The zero-order valence-electron chi connectivity index (χ0n) is 60.3. The summed E-state index contributed by atoms with van der Waals surface area (Å²) in [4.78, 5) is 13.5. The van der Waals surface area contributed by atoms with Gasteiger partial charge in [0.05, 0.1) is 38.6 Å². The van der Waals surface area contributed by atoms with Crippen molar-refractivity contribution in [3.05, 3.63) is 60.8 Å². The number of unbranched alkanes of at least 4 members (excludes halogenated alkanes) is 37. The van der Waals surface area contributed by atoms with Crippen molar-refractivity contribution < 1.29 is 89.4 Å². The molecule has 0 aromatic heterocycles. The number of aliphatic hydroxyl groups excluding tert-OH is 11. The van der Waals surface area contributed by atoms with Gasteiger partial charge in [-0.05, 0) is 70.6 Å². The van der Waals surface area contributed by atoms with Gasteiger partial charge in [-0.2, -0.15) is 0 Å². The van der Waals surface area contributed by atoms with Crippen LogP contribution in [0.25, 0.3) is 0 Å². The van der Waals surface area contributed by atoms with Crippen molar-refractivity contribution in [2.45, 2.75) is 401 Å². The molecule has 0 aliphatic carbocycles. The van der Waals surface area contributed by atoms with Gasteiger partial charge >= 0.3 is 0 Å².